The van der Waals surface area contributed by atoms with Gasteiger partial charge in [0.1, 0.15) is 0 Å². The van der Waals surface area contributed by atoms with E-state index in [1.165, 1.54) is 25.1 Å². The van der Waals surface area contributed by atoms with Gasteiger partial charge in [0.25, 0.3) is 0 Å². The molecule has 106 valence electrons. The first-order chi connectivity index (χ1) is 9.20. The molecule has 2 N–H and O–H groups in total. The number of halogens is 5. The van der Waals surface area contributed by atoms with E-state index in [0.29, 0.717) is 15.6 Å². The summed E-state index contributed by atoms with van der Waals surface area (Å²) >= 11 is 11.9. The van der Waals surface area contributed by atoms with Crippen molar-refractivity contribution in [3.63, 3.8) is 0 Å². The highest BCUT2D eigenvalue weighted by atomic mass is 35.5. The van der Waals surface area contributed by atoms with Crippen molar-refractivity contribution in [2.75, 3.05) is 5.73 Å². The number of anilines is 1. The van der Waals surface area contributed by atoms with Crippen molar-refractivity contribution in [1.82, 2.24) is 0 Å². The van der Waals surface area contributed by atoms with E-state index in [1.54, 1.807) is 6.07 Å². The Kier molecular flexibility index (Phi) is 3.89. The number of nitrogens with two attached hydrogens (primary N) is 1. The summed E-state index contributed by atoms with van der Waals surface area (Å²) in [6.07, 6.45) is -4.47. The lowest BCUT2D eigenvalue weighted by molar-refractivity contribution is -0.137. The van der Waals surface area contributed by atoms with Gasteiger partial charge in [-0.15, -0.1) is 0 Å². The van der Waals surface area contributed by atoms with Gasteiger partial charge >= 0.3 is 6.18 Å². The van der Waals surface area contributed by atoms with E-state index in [9.17, 15) is 13.2 Å². The monoisotopic (exact) mass is 319 g/mol. The van der Waals surface area contributed by atoms with Crippen LogP contribution in [0.4, 0.5) is 18.9 Å². The maximum atomic E-state index is 13.0. The molecule has 0 aliphatic carbocycles. The lowest BCUT2D eigenvalue weighted by Gasteiger charge is -2.15. The SMILES string of the molecule is Cc1c(N)cc(-c2cc(Cl)ccc2Cl)cc1C(F)(F)F. The van der Waals surface area contributed by atoms with Crippen LogP contribution < -0.4 is 5.73 Å². The molecule has 0 radical (unpaired) electrons. The molecule has 0 bridgehead atoms. The van der Waals surface area contributed by atoms with E-state index >= 15 is 0 Å². The second kappa shape index (κ2) is 5.19. The van der Waals surface area contributed by atoms with E-state index in [4.69, 9.17) is 28.9 Å². The fraction of sp³-hybridized carbons (Fsp3) is 0.143. The van der Waals surface area contributed by atoms with E-state index in [2.05, 4.69) is 0 Å². The van der Waals surface area contributed by atoms with Crippen LogP contribution >= 0.6 is 23.2 Å². The third-order valence-electron chi connectivity index (χ3n) is 2.99. The lowest BCUT2D eigenvalue weighted by Crippen LogP contribution is -2.09. The van der Waals surface area contributed by atoms with Crippen molar-refractivity contribution in [3.8, 4) is 11.1 Å². The smallest absolute Gasteiger partial charge is 0.398 e. The van der Waals surface area contributed by atoms with Crippen LogP contribution in [0.1, 0.15) is 11.1 Å². The van der Waals surface area contributed by atoms with Crippen molar-refractivity contribution >= 4 is 28.9 Å². The highest BCUT2D eigenvalue weighted by molar-refractivity contribution is 6.35. The molecule has 0 atom stereocenters. The van der Waals surface area contributed by atoms with Gasteiger partial charge in [0, 0.05) is 21.3 Å². The standard InChI is InChI=1S/C14H10Cl2F3N/c1-7-11(14(17,18)19)4-8(5-13(7)20)10-6-9(15)2-3-12(10)16/h2-6H,20H2,1H3. The molecule has 0 spiro atoms. The van der Waals surface area contributed by atoms with E-state index in [0.717, 1.165) is 6.07 Å². The third-order valence-corrected chi connectivity index (χ3v) is 3.56. The van der Waals surface area contributed by atoms with Crippen LogP contribution in [0.15, 0.2) is 30.3 Å². The van der Waals surface area contributed by atoms with Crippen molar-refractivity contribution in [3.05, 3.63) is 51.5 Å². The zero-order chi connectivity index (χ0) is 15.1. The summed E-state index contributed by atoms with van der Waals surface area (Å²) < 4.78 is 39.0. The van der Waals surface area contributed by atoms with Gasteiger partial charge in [-0.3, -0.25) is 0 Å². The fourth-order valence-electron chi connectivity index (χ4n) is 1.91. The number of alkyl halides is 3. The Morgan fingerprint density at radius 1 is 1.05 bits per heavy atom. The number of hydrogen-bond acceptors (Lipinski definition) is 1. The Labute approximate surface area is 124 Å². The van der Waals surface area contributed by atoms with Gasteiger partial charge < -0.3 is 5.73 Å². The molecule has 0 aliphatic rings. The normalized spacial score (nSPS) is 11.7. The van der Waals surface area contributed by atoms with Gasteiger partial charge in [0.2, 0.25) is 0 Å². The van der Waals surface area contributed by atoms with Crippen LogP contribution in [0.2, 0.25) is 10.0 Å². The highest BCUT2D eigenvalue weighted by Gasteiger charge is 2.33. The van der Waals surface area contributed by atoms with Gasteiger partial charge in [-0.25, -0.2) is 0 Å². The number of benzene rings is 2. The van der Waals surface area contributed by atoms with Gasteiger partial charge in [-0.2, -0.15) is 13.2 Å². The fourth-order valence-corrected chi connectivity index (χ4v) is 2.30. The topological polar surface area (TPSA) is 26.0 Å². The Morgan fingerprint density at radius 3 is 2.30 bits per heavy atom. The van der Waals surface area contributed by atoms with Crippen molar-refractivity contribution < 1.29 is 13.2 Å². The minimum absolute atomic E-state index is 0.000555. The van der Waals surface area contributed by atoms with Gasteiger partial charge in [-0.05, 0) is 48.4 Å². The molecule has 0 saturated heterocycles. The summed E-state index contributed by atoms with van der Waals surface area (Å²) in [5, 5.41) is 0.697. The van der Waals surface area contributed by atoms with Crippen LogP contribution in [0.5, 0.6) is 0 Å². The van der Waals surface area contributed by atoms with Crippen LogP contribution in [-0.4, -0.2) is 0 Å². The maximum Gasteiger partial charge on any atom is 0.416 e. The molecular formula is C14H10Cl2F3N. The summed E-state index contributed by atoms with van der Waals surface area (Å²) in [6.45, 7) is 1.33. The molecule has 0 heterocycles. The first-order valence-corrected chi connectivity index (χ1v) is 6.38. The van der Waals surface area contributed by atoms with E-state index in [1.807, 2.05) is 0 Å². The Balaban J connectivity index is 2.70. The molecule has 0 aromatic heterocycles. The first-order valence-electron chi connectivity index (χ1n) is 5.63. The van der Waals surface area contributed by atoms with Crippen molar-refractivity contribution in [1.29, 1.82) is 0 Å². The Hall–Kier alpha value is -1.39. The predicted molar refractivity (Wildman–Crippen MR) is 76.0 cm³/mol. The summed E-state index contributed by atoms with van der Waals surface area (Å²) in [6, 6.07) is 7.09. The quantitative estimate of drug-likeness (QED) is 0.683. The molecule has 0 amide bonds. The molecule has 0 aliphatic heterocycles. The van der Waals surface area contributed by atoms with Crippen LogP contribution in [0.25, 0.3) is 11.1 Å². The summed E-state index contributed by atoms with van der Waals surface area (Å²) in [5.74, 6) is 0. The van der Waals surface area contributed by atoms with E-state index < -0.39 is 11.7 Å². The highest BCUT2D eigenvalue weighted by Crippen LogP contribution is 2.39. The largest absolute Gasteiger partial charge is 0.416 e. The van der Waals surface area contributed by atoms with Gasteiger partial charge in [0.05, 0.1) is 5.56 Å². The molecule has 0 unspecified atom stereocenters. The van der Waals surface area contributed by atoms with Gasteiger partial charge in [0.15, 0.2) is 0 Å². The molecular weight excluding hydrogens is 310 g/mol. The predicted octanol–water partition coefficient (Wildman–Crippen LogP) is 5.57. The first kappa shape index (κ1) is 15.0. The molecule has 2 rings (SSSR count). The molecule has 20 heavy (non-hydrogen) atoms. The maximum absolute atomic E-state index is 13.0. The second-order valence-corrected chi connectivity index (χ2v) is 5.20. The minimum Gasteiger partial charge on any atom is -0.398 e. The van der Waals surface area contributed by atoms with Crippen LogP contribution in [0.3, 0.4) is 0 Å². The zero-order valence-corrected chi connectivity index (χ0v) is 11.9. The third kappa shape index (κ3) is 2.86. The minimum atomic E-state index is -4.47. The summed E-state index contributed by atoms with van der Waals surface area (Å²) in [4.78, 5) is 0. The van der Waals surface area contributed by atoms with E-state index in [-0.39, 0.29) is 16.8 Å². The van der Waals surface area contributed by atoms with Crippen LogP contribution in [0, 0.1) is 6.92 Å². The Morgan fingerprint density at radius 2 is 1.70 bits per heavy atom. The second-order valence-electron chi connectivity index (χ2n) is 4.36. The van der Waals surface area contributed by atoms with Crippen LogP contribution in [-0.2, 0) is 6.18 Å². The molecule has 0 fully saturated rings. The summed E-state index contributed by atoms with van der Waals surface area (Å²) in [5.41, 5.74) is 5.65. The molecule has 2 aromatic rings. The molecule has 0 saturated carbocycles. The number of nitrogen functional groups attached to an aromatic ring is 1. The molecule has 1 nitrogen and oxygen atoms in total. The summed E-state index contributed by atoms with van der Waals surface area (Å²) in [7, 11) is 0. The average Bonchev–Trinajstić information content (AvgIpc) is 2.34. The average molecular weight is 320 g/mol. The molecule has 2 aromatic carbocycles. The van der Waals surface area contributed by atoms with Crippen molar-refractivity contribution in [2.24, 2.45) is 0 Å². The zero-order valence-electron chi connectivity index (χ0n) is 10.4. The van der Waals surface area contributed by atoms with Gasteiger partial charge in [-0.1, -0.05) is 23.2 Å². The molecule has 6 heteroatoms. The Bertz CT molecular complexity index is 666. The lowest BCUT2D eigenvalue weighted by atomic mass is 9.98. The number of rotatable bonds is 1. The number of hydrogen-bond donors (Lipinski definition) is 1. The van der Waals surface area contributed by atoms with Crippen molar-refractivity contribution in [2.45, 2.75) is 13.1 Å².